The first kappa shape index (κ1) is 15.4. The van der Waals surface area contributed by atoms with Gasteiger partial charge in [-0.1, -0.05) is 0 Å². The van der Waals surface area contributed by atoms with Crippen LogP contribution in [0.25, 0.3) is 0 Å². The van der Waals surface area contributed by atoms with Gasteiger partial charge >= 0.3 is 0 Å². The van der Waals surface area contributed by atoms with Crippen molar-refractivity contribution >= 4 is 10.2 Å². The molecule has 0 aromatic carbocycles. The van der Waals surface area contributed by atoms with Gasteiger partial charge in [-0.15, -0.1) is 0 Å². The average molecular weight is 299 g/mol. The zero-order valence-electron chi connectivity index (χ0n) is 11.6. The molecule has 1 aromatic rings. The van der Waals surface area contributed by atoms with E-state index in [0.717, 1.165) is 11.1 Å². The van der Waals surface area contributed by atoms with E-state index in [-0.39, 0.29) is 19.1 Å². The highest BCUT2D eigenvalue weighted by Crippen LogP contribution is 2.18. The van der Waals surface area contributed by atoms with Gasteiger partial charge in [-0.3, -0.25) is 4.98 Å². The van der Waals surface area contributed by atoms with Crippen molar-refractivity contribution in [2.45, 2.75) is 26.3 Å². The van der Waals surface area contributed by atoms with E-state index in [2.05, 4.69) is 9.71 Å². The van der Waals surface area contributed by atoms with E-state index in [9.17, 15) is 8.42 Å². The van der Waals surface area contributed by atoms with E-state index in [0.29, 0.717) is 25.9 Å². The lowest BCUT2D eigenvalue weighted by Crippen LogP contribution is -2.45. The minimum atomic E-state index is -3.45. The molecule has 0 atom stereocenters. The molecule has 1 aromatic heterocycles. The lowest BCUT2D eigenvalue weighted by Gasteiger charge is -2.30. The Morgan fingerprint density at radius 2 is 2.15 bits per heavy atom. The van der Waals surface area contributed by atoms with Crippen LogP contribution in [0, 0.1) is 12.8 Å². The van der Waals surface area contributed by atoms with E-state index in [1.165, 1.54) is 4.31 Å². The van der Waals surface area contributed by atoms with Crippen molar-refractivity contribution in [2.24, 2.45) is 5.92 Å². The zero-order chi connectivity index (χ0) is 14.6. The van der Waals surface area contributed by atoms with Gasteiger partial charge in [0.05, 0.1) is 0 Å². The second-order valence-electron chi connectivity index (χ2n) is 5.15. The summed E-state index contributed by atoms with van der Waals surface area (Å²) in [5.41, 5.74) is 1.89. The van der Waals surface area contributed by atoms with Crippen molar-refractivity contribution in [3.63, 3.8) is 0 Å². The van der Waals surface area contributed by atoms with Crippen LogP contribution in [-0.4, -0.2) is 42.5 Å². The summed E-state index contributed by atoms with van der Waals surface area (Å²) in [6, 6.07) is 1.82. The van der Waals surface area contributed by atoms with Crippen molar-refractivity contribution in [1.29, 1.82) is 0 Å². The van der Waals surface area contributed by atoms with Gasteiger partial charge in [0.25, 0.3) is 10.2 Å². The quantitative estimate of drug-likeness (QED) is 0.826. The van der Waals surface area contributed by atoms with E-state index >= 15 is 0 Å². The standard InChI is InChI=1S/C13H21N3O3S/c1-11-8-14-5-2-13(11)9-15-20(18,19)16-6-3-12(10-17)4-7-16/h2,5,8,12,15,17H,3-4,6-7,9-10H2,1H3. The first-order valence-electron chi connectivity index (χ1n) is 6.78. The molecular weight excluding hydrogens is 278 g/mol. The first-order valence-corrected chi connectivity index (χ1v) is 8.22. The topological polar surface area (TPSA) is 82.5 Å². The van der Waals surface area contributed by atoms with Crippen LogP contribution >= 0.6 is 0 Å². The van der Waals surface area contributed by atoms with Crippen LogP contribution in [0.1, 0.15) is 24.0 Å². The molecule has 2 N–H and O–H groups in total. The number of nitrogens with one attached hydrogen (secondary N) is 1. The molecule has 0 aliphatic carbocycles. The molecule has 112 valence electrons. The van der Waals surface area contributed by atoms with Crippen molar-refractivity contribution in [3.8, 4) is 0 Å². The summed E-state index contributed by atoms with van der Waals surface area (Å²) in [4.78, 5) is 3.99. The Balaban J connectivity index is 1.93. The maximum atomic E-state index is 12.2. The third kappa shape index (κ3) is 3.76. The Morgan fingerprint density at radius 1 is 1.45 bits per heavy atom. The van der Waals surface area contributed by atoms with Gasteiger partial charge in [-0.05, 0) is 42.9 Å². The van der Waals surface area contributed by atoms with Crippen molar-refractivity contribution < 1.29 is 13.5 Å². The maximum absolute atomic E-state index is 12.2. The number of piperidine rings is 1. The van der Waals surface area contributed by atoms with Gasteiger partial charge in [0, 0.05) is 38.6 Å². The third-order valence-electron chi connectivity index (χ3n) is 3.75. The summed E-state index contributed by atoms with van der Waals surface area (Å²) in [6.07, 6.45) is 4.80. The van der Waals surface area contributed by atoms with Crippen molar-refractivity contribution in [2.75, 3.05) is 19.7 Å². The van der Waals surface area contributed by atoms with Crippen LogP contribution in [0.3, 0.4) is 0 Å². The molecular formula is C13H21N3O3S. The molecule has 1 aliphatic heterocycles. The van der Waals surface area contributed by atoms with Crippen LogP contribution in [0.4, 0.5) is 0 Å². The summed E-state index contributed by atoms with van der Waals surface area (Å²) < 4.78 is 28.5. The zero-order valence-corrected chi connectivity index (χ0v) is 12.4. The minimum absolute atomic E-state index is 0.136. The first-order chi connectivity index (χ1) is 9.53. The molecule has 0 spiro atoms. The van der Waals surface area contributed by atoms with E-state index < -0.39 is 10.2 Å². The molecule has 1 saturated heterocycles. The number of aryl methyl sites for hydroxylation is 1. The molecule has 7 heteroatoms. The second-order valence-corrected chi connectivity index (χ2v) is 6.91. The van der Waals surface area contributed by atoms with Crippen LogP contribution in [0.15, 0.2) is 18.5 Å². The van der Waals surface area contributed by atoms with Crippen LogP contribution in [0.5, 0.6) is 0 Å². The van der Waals surface area contributed by atoms with Crippen LogP contribution in [0.2, 0.25) is 0 Å². The van der Waals surface area contributed by atoms with Gasteiger partial charge in [0.2, 0.25) is 0 Å². The van der Waals surface area contributed by atoms with Gasteiger partial charge < -0.3 is 5.11 Å². The van der Waals surface area contributed by atoms with Gasteiger partial charge in [-0.2, -0.15) is 17.4 Å². The van der Waals surface area contributed by atoms with E-state index in [1.54, 1.807) is 12.4 Å². The monoisotopic (exact) mass is 299 g/mol. The van der Waals surface area contributed by atoms with Gasteiger partial charge in [-0.25, -0.2) is 0 Å². The highest BCUT2D eigenvalue weighted by molar-refractivity contribution is 7.87. The molecule has 2 rings (SSSR count). The Labute approximate surface area is 120 Å². The van der Waals surface area contributed by atoms with Crippen LogP contribution < -0.4 is 4.72 Å². The summed E-state index contributed by atoms with van der Waals surface area (Å²) in [7, 11) is -3.45. The molecule has 2 heterocycles. The summed E-state index contributed by atoms with van der Waals surface area (Å²) in [5.74, 6) is 0.226. The van der Waals surface area contributed by atoms with Crippen LogP contribution in [-0.2, 0) is 16.8 Å². The molecule has 0 radical (unpaired) electrons. The highest BCUT2D eigenvalue weighted by atomic mass is 32.2. The van der Waals surface area contributed by atoms with Gasteiger partial charge in [0.1, 0.15) is 0 Å². The maximum Gasteiger partial charge on any atom is 0.279 e. The minimum Gasteiger partial charge on any atom is -0.396 e. The molecule has 0 unspecified atom stereocenters. The Morgan fingerprint density at radius 3 is 2.75 bits per heavy atom. The third-order valence-corrected chi connectivity index (χ3v) is 5.31. The smallest absolute Gasteiger partial charge is 0.279 e. The molecule has 1 fully saturated rings. The number of nitrogens with zero attached hydrogens (tertiary/aromatic N) is 2. The number of aromatic nitrogens is 1. The Bertz CT molecular complexity index is 540. The number of aliphatic hydroxyl groups excluding tert-OH is 1. The lowest BCUT2D eigenvalue weighted by molar-refractivity contribution is 0.169. The molecule has 0 saturated carbocycles. The number of hydrogen-bond acceptors (Lipinski definition) is 4. The SMILES string of the molecule is Cc1cnccc1CNS(=O)(=O)N1CCC(CO)CC1. The highest BCUT2D eigenvalue weighted by Gasteiger charge is 2.27. The molecule has 20 heavy (non-hydrogen) atoms. The molecule has 0 amide bonds. The number of aliphatic hydroxyl groups is 1. The fraction of sp³-hybridized carbons (Fsp3) is 0.615. The lowest BCUT2D eigenvalue weighted by atomic mass is 10.00. The predicted molar refractivity (Wildman–Crippen MR) is 76.1 cm³/mol. The fourth-order valence-corrected chi connectivity index (χ4v) is 3.51. The second kappa shape index (κ2) is 6.62. The number of hydrogen-bond donors (Lipinski definition) is 2. The summed E-state index contributed by atoms with van der Waals surface area (Å²) >= 11 is 0. The largest absolute Gasteiger partial charge is 0.396 e. The average Bonchev–Trinajstić information content (AvgIpc) is 2.46. The predicted octanol–water partition coefficient (Wildman–Crippen LogP) is 0.429. The van der Waals surface area contributed by atoms with E-state index in [1.807, 2.05) is 13.0 Å². The summed E-state index contributed by atoms with van der Waals surface area (Å²) in [6.45, 7) is 3.25. The number of pyridine rings is 1. The molecule has 6 nitrogen and oxygen atoms in total. The van der Waals surface area contributed by atoms with Crippen molar-refractivity contribution in [3.05, 3.63) is 29.6 Å². The molecule has 0 bridgehead atoms. The Hall–Kier alpha value is -1.02. The van der Waals surface area contributed by atoms with Crippen molar-refractivity contribution in [1.82, 2.24) is 14.0 Å². The van der Waals surface area contributed by atoms with Gasteiger partial charge in [0.15, 0.2) is 0 Å². The normalized spacial score (nSPS) is 18.3. The fourth-order valence-electron chi connectivity index (χ4n) is 2.29. The number of rotatable bonds is 5. The van der Waals surface area contributed by atoms with E-state index in [4.69, 9.17) is 5.11 Å². The molecule has 1 aliphatic rings. The summed E-state index contributed by atoms with van der Waals surface area (Å²) in [5, 5.41) is 9.07. The Kier molecular flexibility index (Phi) is 5.09.